The summed E-state index contributed by atoms with van der Waals surface area (Å²) in [7, 11) is -2.81. The molecule has 2 N–H and O–H groups in total. The fraction of sp³-hybridized carbons (Fsp3) is 0.391. The van der Waals surface area contributed by atoms with Crippen LogP contribution in [0.1, 0.15) is 54.5 Å². The van der Waals surface area contributed by atoms with E-state index in [1.54, 1.807) is 45.0 Å². The van der Waals surface area contributed by atoms with Gasteiger partial charge in [-0.2, -0.15) is 5.26 Å². The molecule has 2 aliphatic rings. The number of rotatable bonds is 4. The quantitative estimate of drug-likeness (QED) is 0.713. The topological polar surface area (TPSA) is 122 Å². The zero-order valence-corrected chi connectivity index (χ0v) is 18.9. The first-order valence-corrected chi connectivity index (χ1v) is 11.9. The van der Waals surface area contributed by atoms with Gasteiger partial charge in [0.05, 0.1) is 33.0 Å². The summed E-state index contributed by atoms with van der Waals surface area (Å²) in [6, 6.07) is 11.0. The standard InChI is InChI=1S/C23H24FN5O2S/c1-22(2)21(26)29-23(3,19-10-11-27-32(19,22)31)20-17(24)9-8-16(28-20)12-18(30)15-6-4-14(13-25)5-7-15/h4-9,19H,10-12H2,1-3H3,(H2,26,29)/t19-,23-,32+/m0/s1. The maximum absolute atomic E-state index is 15.0. The van der Waals surface area contributed by atoms with Crippen LogP contribution in [0.5, 0.6) is 0 Å². The highest BCUT2D eigenvalue weighted by Gasteiger charge is 2.57. The number of aliphatic imine (C=N–C) groups is 1. The van der Waals surface area contributed by atoms with E-state index in [0.29, 0.717) is 29.8 Å². The van der Waals surface area contributed by atoms with E-state index >= 15 is 4.39 Å². The van der Waals surface area contributed by atoms with Crippen LogP contribution in [0.2, 0.25) is 0 Å². The van der Waals surface area contributed by atoms with Crippen molar-refractivity contribution in [2.75, 3.05) is 6.54 Å². The molecule has 0 amide bonds. The largest absolute Gasteiger partial charge is 0.386 e. The molecule has 1 aromatic carbocycles. The summed E-state index contributed by atoms with van der Waals surface area (Å²) in [5.74, 6) is -0.642. The Morgan fingerprint density at radius 1 is 1.25 bits per heavy atom. The number of ketones is 1. The maximum atomic E-state index is 15.0. The molecule has 0 fully saturated rings. The number of benzene rings is 1. The molecule has 0 saturated heterocycles. The number of carbonyl (C=O) groups is 1. The Bertz CT molecular complexity index is 1300. The number of Topliss-reactive ketones (excluding diaryl/α,β-unsaturated/α-hetero) is 1. The van der Waals surface area contributed by atoms with E-state index in [2.05, 4.69) is 14.3 Å². The van der Waals surface area contributed by atoms with Crippen LogP contribution in [-0.2, 0) is 21.7 Å². The van der Waals surface area contributed by atoms with Crippen LogP contribution in [0.15, 0.2) is 45.8 Å². The van der Waals surface area contributed by atoms with Crippen LogP contribution >= 0.6 is 0 Å². The third kappa shape index (κ3) is 3.21. The Labute approximate surface area is 186 Å². The van der Waals surface area contributed by atoms with Crippen molar-refractivity contribution in [3.8, 4) is 6.07 Å². The lowest BCUT2D eigenvalue weighted by molar-refractivity contribution is 0.0991. The fourth-order valence-electron chi connectivity index (χ4n) is 4.41. The van der Waals surface area contributed by atoms with Gasteiger partial charge in [0.2, 0.25) is 0 Å². The molecule has 3 atom stereocenters. The van der Waals surface area contributed by atoms with Gasteiger partial charge >= 0.3 is 0 Å². The summed E-state index contributed by atoms with van der Waals surface area (Å²) in [6.07, 6.45) is 0.440. The first kappa shape index (κ1) is 22.1. The number of amidine groups is 1. The molecule has 0 radical (unpaired) electrons. The highest BCUT2D eigenvalue weighted by Crippen LogP contribution is 2.47. The Kier molecular flexibility index (Phi) is 5.17. The zero-order chi connectivity index (χ0) is 23.3. The van der Waals surface area contributed by atoms with Crippen molar-refractivity contribution in [1.29, 1.82) is 5.26 Å². The molecule has 0 saturated carbocycles. The molecule has 0 spiro atoms. The second-order valence-corrected chi connectivity index (χ2v) is 11.8. The van der Waals surface area contributed by atoms with Crippen LogP contribution in [-0.4, -0.2) is 37.4 Å². The van der Waals surface area contributed by atoms with Crippen LogP contribution < -0.4 is 5.73 Å². The van der Waals surface area contributed by atoms with E-state index in [1.807, 2.05) is 6.07 Å². The van der Waals surface area contributed by atoms with Gasteiger partial charge in [0.25, 0.3) is 0 Å². The number of fused-ring (bicyclic) bond motifs is 1. The molecule has 166 valence electrons. The highest BCUT2D eigenvalue weighted by molar-refractivity contribution is 7.96. The maximum Gasteiger partial charge on any atom is 0.168 e. The Morgan fingerprint density at radius 2 is 1.94 bits per heavy atom. The first-order chi connectivity index (χ1) is 15.0. The molecule has 2 aliphatic heterocycles. The number of hydrogen-bond donors (Lipinski definition) is 1. The van der Waals surface area contributed by atoms with Crippen molar-refractivity contribution in [3.63, 3.8) is 0 Å². The summed E-state index contributed by atoms with van der Waals surface area (Å²) in [4.78, 5) is 21.8. The van der Waals surface area contributed by atoms with E-state index in [1.165, 1.54) is 12.1 Å². The Hall–Kier alpha value is -3.12. The van der Waals surface area contributed by atoms with Crippen molar-refractivity contribution in [3.05, 3.63) is 64.7 Å². The summed E-state index contributed by atoms with van der Waals surface area (Å²) < 4.78 is 32.4. The van der Waals surface area contributed by atoms with Crippen molar-refractivity contribution in [2.24, 2.45) is 15.1 Å². The molecule has 4 rings (SSSR count). The number of aromatic nitrogens is 1. The molecule has 1 aromatic heterocycles. The van der Waals surface area contributed by atoms with Crippen LogP contribution in [0.4, 0.5) is 4.39 Å². The molecule has 32 heavy (non-hydrogen) atoms. The third-order valence-corrected chi connectivity index (χ3v) is 10.2. The lowest BCUT2D eigenvalue weighted by Gasteiger charge is -2.44. The SMILES string of the molecule is CC1(C)C(N)=N[C@](C)(c2nc(CC(=O)c3ccc(C#N)cc3)ccc2F)[C@@H]2CCN=[S@@]21=O. The lowest BCUT2D eigenvalue weighted by Crippen LogP contribution is -2.58. The predicted molar refractivity (Wildman–Crippen MR) is 120 cm³/mol. The molecular weight excluding hydrogens is 429 g/mol. The van der Waals surface area contributed by atoms with Crippen LogP contribution in [0, 0.1) is 17.1 Å². The van der Waals surface area contributed by atoms with Gasteiger partial charge < -0.3 is 5.73 Å². The van der Waals surface area contributed by atoms with Gasteiger partial charge in [-0.05, 0) is 51.5 Å². The minimum atomic E-state index is -2.81. The molecular formula is C23H24FN5O2S. The van der Waals surface area contributed by atoms with Gasteiger partial charge in [0.15, 0.2) is 5.78 Å². The average Bonchev–Trinajstić information content (AvgIpc) is 3.18. The number of halogens is 1. The molecule has 0 unspecified atom stereocenters. The van der Waals surface area contributed by atoms with Gasteiger partial charge in [-0.15, -0.1) is 0 Å². The van der Waals surface area contributed by atoms with E-state index < -0.39 is 31.1 Å². The monoisotopic (exact) mass is 453 g/mol. The smallest absolute Gasteiger partial charge is 0.168 e. The molecule has 0 aliphatic carbocycles. The predicted octanol–water partition coefficient (Wildman–Crippen LogP) is 3.12. The second kappa shape index (κ2) is 7.48. The van der Waals surface area contributed by atoms with Crippen LogP contribution in [0.25, 0.3) is 0 Å². The molecule has 3 heterocycles. The lowest BCUT2D eigenvalue weighted by atomic mass is 9.89. The number of nitriles is 1. The van der Waals surface area contributed by atoms with Gasteiger partial charge in [-0.25, -0.2) is 13.0 Å². The minimum absolute atomic E-state index is 0.0240. The van der Waals surface area contributed by atoms with Gasteiger partial charge in [-0.3, -0.25) is 14.8 Å². The summed E-state index contributed by atoms with van der Waals surface area (Å²) >= 11 is 0. The van der Waals surface area contributed by atoms with Gasteiger partial charge in [0.1, 0.15) is 27.6 Å². The summed E-state index contributed by atoms with van der Waals surface area (Å²) in [5.41, 5.74) is 6.25. The van der Waals surface area contributed by atoms with Crippen molar-refractivity contribution in [2.45, 2.75) is 49.1 Å². The second-order valence-electron chi connectivity index (χ2n) is 8.78. The van der Waals surface area contributed by atoms with Crippen LogP contribution in [0.3, 0.4) is 0 Å². The Morgan fingerprint density at radius 3 is 2.59 bits per heavy atom. The van der Waals surface area contributed by atoms with E-state index in [0.717, 1.165) is 0 Å². The number of pyridine rings is 1. The molecule has 0 bridgehead atoms. The number of nitrogens with zero attached hydrogens (tertiary/aromatic N) is 4. The normalized spacial score (nSPS) is 28.2. The average molecular weight is 454 g/mol. The fourth-order valence-corrected chi connectivity index (χ4v) is 7.56. The van der Waals surface area contributed by atoms with Gasteiger partial charge in [0, 0.05) is 17.8 Å². The summed E-state index contributed by atoms with van der Waals surface area (Å²) in [6.45, 7) is 5.60. The van der Waals surface area contributed by atoms with E-state index in [4.69, 9.17) is 11.0 Å². The number of nitrogens with two attached hydrogens (primary N) is 1. The highest BCUT2D eigenvalue weighted by atomic mass is 32.2. The number of carbonyl (C=O) groups excluding carboxylic acids is 1. The molecule has 9 heteroatoms. The first-order valence-electron chi connectivity index (χ1n) is 10.3. The summed E-state index contributed by atoms with van der Waals surface area (Å²) in [5, 5.41) is 8.38. The third-order valence-electron chi connectivity index (χ3n) is 6.45. The Balaban J connectivity index is 1.74. The van der Waals surface area contributed by atoms with Gasteiger partial charge in [-0.1, -0.05) is 12.1 Å². The molecule has 2 aromatic rings. The zero-order valence-electron chi connectivity index (χ0n) is 18.1. The van der Waals surface area contributed by atoms with E-state index in [9.17, 15) is 9.00 Å². The molecule has 7 nitrogen and oxygen atoms in total. The number of hydrogen-bond acceptors (Lipinski definition) is 7. The van der Waals surface area contributed by atoms with Crippen molar-refractivity contribution in [1.82, 2.24) is 4.98 Å². The van der Waals surface area contributed by atoms with E-state index in [-0.39, 0.29) is 23.7 Å². The van der Waals surface area contributed by atoms with Crippen molar-refractivity contribution >= 4 is 21.3 Å². The minimum Gasteiger partial charge on any atom is -0.386 e. The van der Waals surface area contributed by atoms with Crippen molar-refractivity contribution < 1.29 is 13.4 Å².